The Bertz CT molecular complexity index is 657. The number of fused-ring (bicyclic) bond motifs is 1. The lowest BCUT2D eigenvalue weighted by Crippen LogP contribution is -2.48. The maximum Gasteiger partial charge on any atom is 0.242 e. The van der Waals surface area contributed by atoms with E-state index in [9.17, 15) is 13.2 Å². The van der Waals surface area contributed by atoms with Crippen molar-refractivity contribution in [1.29, 1.82) is 0 Å². The molecule has 3 rings (SSSR count). The van der Waals surface area contributed by atoms with Crippen molar-refractivity contribution in [2.45, 2.75) is 31.8 Å². The van der Waals surface area contributed by atoms with Gasteiger partial charge in [0, 0.05) is 18.3 Å². The van der Waals surface area contributed by atoms with Crippen LogP contribution < -0.4 is 10.2 Å². The van der Waals surface area contributed by atoms with Crippen molar-refractivity contribution in [3.05, 3.63) is 29.8 Å². The maximum absolute atomic E-state index is 12.4. The predicted molar refractivity (Wildman–Crippen MR) is 82.2 cm³/mol. The maximum atomic E-state index is 12.4. The van der Waals surface area contributed by atoms with Crippen LogP contribution in [0.3, 0.4) is 0 Å². The molecule has 0 saturated carbocycles. The predicted octanol–water partition coefficient (Wildman–Crippen LogP) is 0.741. The summed E-state index contributed by atoms with van der Waals surface area (Å²) in [4.78, 5) is 14.5. The monoisotopic (exact) mass is 308 g/mol. The van der Waals surface area contributed by atoms with Crippen LogP contribution in [0.2, 0.25) is 0 Å². The zero-order chi connectivity index (χ0) is 15.0. The van der Waals surface area contributed by atoms with E-state index in [0.29, 0.717) is 6.42 Å². The van der Waals surface area contributed by atoms with Gasteiger partial charge in [-0.05, 0) is 31.4 Å². The van der Waals surface area contributed by atoms with Gasteiger partial charge in [0.15, 0.2) is 9.84 Å². The molecule has 0 bridgehead atoms. The minimum atomic E-state index is -2.96. The molecule has 0 aliphatic carbocycles. The van der Waals surface area contributed by atoms with Gasteiger partial charge in [-0.3, -0.25) is 4.79 Å². The molecule has 1 amide bonds. The van der Waals surface area contributed by atoms with Gasteiger partial charge in [0.25, 0.3) is 0 Å². The summed E-state index contributed by atoms with van der Waals surface area (Å²) < 4.78 is 22.9. The fraction of sp³-hybridized carbons (Fsp3) is 0.533. The first kappa shape index (κ1) is 14.4. The first-order valence-electron chi connectivity index (χ1n) is 7.31. The molecule has 0 spiro atoms. The number of rotatable bonds is 3. The van der Waals surface area contributed by atoms with E-state index in [2.05, 4.69) is 16.3 Å². The summed E-state index contributed by atoms with van der Waals surface area (Å²) in [6.45, 7) is 2.71. The lowest BCUT2D eigenvalue weighted by molar-refractivity contribution is -0.122. The van der Waals surface area contributed by atoms with Gasteiger partial charge in [-0.1, -0.05) is 18.2 Å². The molecule has 0 radical (unpaired) electrons. The summed E-state index contributed by atoms with van der Waals surface area (Å²) in [5.74, 6) is 0.162. The molecule has 2 atom stereocenters. The van der Waals surface area contributed by atoms with E-state index >= 15 is 0 Å². The Morgan fingerprint density at radius 3 is 2.86 bits per heavy atom. The number of nitrogens with one attached hydrogen (secondary N) is 1. The van der Waals surface area contributed by atoms with E-state index in [1.165, 1.54) is 5.56 Å². The molecule has 2 aliphatic rings. The summed E-state index contributed by atoms with van der Waals surface area (Å²) in [6, 6.07) is 7.59. The van der Waals surface area contributed by atoms with Gasteiger partial charge >= 0.3 is 0 Å². The molecule has 1 aromatic rings. The number of nitrogens with zero attached hydrogens (tertiary/aromatic N) is 1. The third-order valence-corrected chi connectivity index (χ3v) is 6.12. The van der Waals surface area contributed by atoms with Crippen molar-refractivity contribution in [3.63, 3.8) is 0 Å². The average Bonchev–Trinajstić information content (AvgIpc) is 3.01. The molecule has 0 unspecified atom stereocenters. The smallest absolute Gasteiger partial charge is 0.242 e. The second-order valence-corrected chi connectivity index (χ2v) is 8.09. The summed E-state index contributed by atoms with van der Waals surface area (Å²) in [5, 5.41) is 2.88. The number of anilines is 1. The van der Waals surface area contributed by atoms with Crippen molar-refractivity contribution in [1.82, 2.24) is 5.32 Å². The summed E-state index contributed by atoms with van der Waals surface area (Å²) in [7, 11) is -2.96. The van der Waals surface area contributed by atoms with Crippen LogP contribution >= 0.6 is 0 Å². The number of amides is 1. The van der Waals surface area contributed by atoms with Gasteiger partial charge < -0.3 is 10.2 Å². The van der Waals surface area contributed by atoms with Crippen LogP contribution in [0.5, 0.6) is 0 Å². The SMILES string of the molecule is C[C@H](C(=O)N[C@H]1CCS(=O)(=O)C1)N1CCc2ccccc21. The molecule has 21 heavy (non-hydrogen) atoms. The Labute approximate surface area is 125 Å². The molecule has 2 aliphatic heterocycles. The summed E-state index contributed by atoms with van der Waals surface area (Å²) >= 11 is 0. The molecule has 1 saturated heterocycles. The first-order valence-corrected chi connectivity index (χ1v) is 9.14. The fourth-order valence-corrected chi connectivity index (χ4v) is 4.81. The summed E-state index contributed by atoms with van der Waals surface area (Å²) in [6.07, 6.45) is 1.48. The standard InChI is InChI=1S/C15H20N2O3S/c1-11(15(18)16-13-7-9-21(19,20)10-13)17-8-6-12-4-2-3-5-14(12)17/h2-5,11,13H,6-10H2,1H3,(H,16,18)/t11-,13+/m1/s1. The Hall–Kier alpha value is -1.56. The topological polar surface area (TPSA) is 66.5 Å². The van der Waals surface area contributed by atoms with E-state index in [1.54, 1.807) is 0 Å². The molecule has 6 heteroatoms. The quantitative estimate of drug-likeness (QED) is 0.894. The fourth-order valence-electron chi connectivity index (χ4n) is 3.14. The zero-order valence-electron chi connectivity index (χ0n) is 12.1. The Morgan fingerprint density at radius 2 is 2.14 bits per heavy atom. The Balaban J connectivity index is 1.66. The van der Waals surface area contributed by atoms with Crippen LogP contribution in [0.4, 0.5) is 5.69 Å². The van der Waals surface area contributed by atoms with Crippen molar-refractivity contribution in [3.8, 4) is 0 Å². The van der Waals surface area contributed by atoms with E-state index in [-0.39, 0.29) is 29.5 Å². The number of hydrogen-bond acceptors (Lipinski definition) is 4. The largest absolute Gasteiger partial charge is 0.359 e. The molecule has 1 aromatic carbocycles. The van der Waals surface area contributed by atoms with Gasteiger partial charge in [0.05, 0.1) is 11.5 Å². The van der Waals surface area contributed by atoms with Crippen LogP contribution in [-0.2, 0) is 21.1 Å². The van der Waals surface area contributed by atoms with Crippen LogP contribution in [0.1, 0.15) is 18.9 Å². The van der Waals surface area contributed by atoms with Crippen LogP contribution in [0, 0.1) is 0 Å². The molecule has 0 aromatic heterocycles. The molecular weight excluding hydrogens is 288 g/mol. The van der Waals surface area contributed by atoms with Crippen LogP contribution in [-0.4, -0.2) is 44.5 Å². The van der Waals surface area contributed by atoms with Gasteiger partial charge in [-0.15, -0.1) is 0 Å². The normalized spacial score (nSPS) is 24.6. The van der Waals surface area contributed by atoms with Crippen molar-refractivity contribution < 1.29 is 13.2 Å². The highest BCUT2D eigenvalue weighted by atomic mass is 32.2. The third-order valence-electron chi connectivity index (χ3n) is 4.35. The van der Waals surface area contributed by atoms with E-state index in [4.69, 9.17) is 0 Å². The number of hydrogen-bond donors (Lipinski definition) is 1. The molecule has 5 nitrogen and oxygen atoms in total. The average molecular weight is 308 g/mol. The van der Waals surface area contributed by atoms with E-state index < -0.39 is 9.84 Å². The molecule has 1 N–H and O–H groups in total. The van der Waals surface area contributed by atoms with E-state index in [0.717, 1.165) is 18.7 Å². The lowest BCUT2D eigenvalue weighted by Gasteiger charge is -2.27. The lowest BCUT2D eigenvalue weighted by atomic mass is 10.1. The number of sulfone groups is 1. The Kier molecular flexibility index (Phi) is 3.65. The van der Waals surface area contributed by atoms with Crippen molar-refractivity contribution >= 4 is 21.4 Å². The molecule has 1 fully saturated rings. The highest BCUT2D eigenvalue weighted by Gasteiger charge is 2.32. The molecular formula is C15H20N2O3S. The number of carbonyl (C=O) groups excluding carboxylic acids is 1. The van der Waals surface area contributed by atoms with E-state index in [1.807, 2.05) is 25.1 Å². The minimum Gasteiger partial charge on any atom is -0.359 e. The summed E-state index contributed by atoms with van der Waals surface area (Å²) in [5.41, 5.74) is 2.37. The van der Waals surface area contributed by atoms with Crippen LogP contribution in [0.25, 0.3) is 0 Å². The number of carbonyl (C=O) groups is 1. The first-order chi connectivity index (χ1) is 9.96. The zero-order valence-corrected chi connectivity index (χ0v) is 12.9. The third kappa shape index (κ3) is 2.90. The highest BCUT2D eigenvalue weighted by molar-refractivity contribution is 7.91. The van der Waals surface area contributed by atoms with Gasteiger partial charge in [-0.25, -0.2) is 8.42 Å². The molecule has 2 heterocycles. The Morgan fingerprint density at radius 1 is 1.38 bits per heavy atom. The van der Waals surface area contributed by atoms with Gasteiger partial charge in [0.1, 0.15) is 6.04 Å². The van der Waals surface area contributed by atoms with Crippen molar-refractivity contribution in [2.24, 2.45) is 0 Å². The molecule has 114 valence electrons. The second kappa shape index (κ2) is 5.33. The minimum absolute atomic E-state index is 0.0715. The van der Waals surface area contributed by atoms with Gasteiger partial charge in [-0.2, -0.15) is 0 Å². The van der Waals surface area contributed by atoms with Crippen LogP contribution in [0.15, 0.2) is 24.3 Å². The number of benzene rings is 1. The van der Waals surface area contributed by atoms with Crippen molar-refractivity contribution in [2.75, 3.05) is 23.0 Å². The highest BCUT2D eigenvalue weighted by Crippen LogP contribution is 2.29. The second-order valence-electron chi connectivity index (χ2n) is 5.86. The van der Waals surface area contributed by atoms with Gasteiger partial charge in [0.2, 0.25) is 5.91 Å². The number of para-hydroxylation sites is 1.